The molecular weight excluding hydrogens is 538 g/mol. The topological polar surface area (TPSA) is 110 Å². The predicted octanol–water partition coefficient (Wildman–Crippen LogP) is 5.73. The van der Waals surface area contributed by atoms with Crippen LogP contribution in [-0.2, 0) is 9.59 Å². The summed E-state index contributed by atoms with van der Waals surface area (Å²) in [6, 6.07) is 0. The Morgan fingerprint density at radius 1 is 0.675 bits per heavy atom. The summed E-state index contributed by atoms with van der Waals surface area (Å²) in [6.45, 7) is 22.4. The monoisotopic (exact) mass is 568 g/mol. The second-order valence-corrected chi connectivity index (χ2v) is 8.21. The van der Waals surface area contributed by atoms with Gasteiger partial charge in [0.15, 0.2) is 0 Å². The molecule has 0 bridgehead atoms. The maximum absolute atomic E-state index is 13.7. The van der Waals surface area contributed by atoms with Crippen molar-refractivity contribution in [3.63, 3.8) is 0 Å². The molecule has 6 N–H and O–H groups in total. The van der Waals surface area contributed by atoms with Gasteiger partial charge in [-0.3, -0.25) is 9.59 Å². The van der Waals surface area contributed by atoms with Crippen LogP contribution < -0.4 is 22.1 Å². The Morgan fingerprint density at radius 2 is 1.12 bits per heavy atom. The number of halogens is 6. The molecule has 0 aromatic rings. The summed E-state index contributed by atoms with van der Waals surface area (Å²) >= 11 is 0. The van der Waals surface area contributed by atoms with Crippen molar-refractivity contribution >= 4 is 11.8 Å². The number of carbonyl (C=O) groups excluding carboxylic acids is 2. The Balaban J connectivity index is 5.78. The highest BCUT2D eigenvalue weighted by atomic mass is 19.4. The van der Waals surface area contributed by atoms with Crippen LogP contribution in [0.2, 0.25) is 0 Å². The second kappa shape index (κ2) is 14.4. The summed E-state index contributed by atoms with van der Waals surface area (Å²) in [6.07, 6.45) is -4.42. The number of carbonyl (C=O) groups is 2. The molecule has 0 aromatic carbocycles. The minimum atomic E-state index is -5.16. The number of rotatable bonds is 12. The maximum atomic E-state index is 13.7. The zero-order valence-electron chi connectivity index (χ0n) is 21.9. The van der Waals surface area contributed by atoms with Crippen molar-refractivity contribution < 1.29 is 35.9 Å². The second-order valence-electron chi connectivity index (χ2n) is 8.21. The van der Waals surface area contributed by atoms with Gasteiger partial charge in [-0.05, 0) is 61.4 Å². The van der Waals surface area contributed by atoms with Crippen LogP contribution in [-0.4, -0.2) is 24.2 Å². The molecule has 0 fully saturated rings. The first-order valence-corrected chi connectivity index (χ1v) is 11.0. The minimum absolute atomic E-state index is 0.0129. The van der Waals surface area contributed by atoms with Gasteiger partial charge in [0.2, 0.25) is 0 Å². The first-order chi connectivity index (χ1) is 18.1. The van der Waals surface area contributed by atoms with E-state index < -0.39 is 52.2 Å². The smallest absolute Gasteiger partial charge is 0.402 e. The summed E-state index contributed by atoms with van der Waals surface area (Å²) in [5.41, 5.74) is 4.85. The molecule has 216 valence electrons. The number of hydrogen-bond donors (Lipinski definition) is 4. The Labute approximate surface area is 228 Å². The SMILES string of the molecule is C=C(N)/C=C\C(=C)C(=O)NC(=C)/C=C\C(=C)C(=O)NC(=C)/C=C(\C(=C)/C(C)=C(/C=C(\C)N)C(F)(F)F)C(F)(F)F. The van der Waals surface area contributed by atoms with Crippen LogP contribution in [0.1, 0.15) is 13.8 Å². The molecule has 6 nitrogen and oxygen atoms in total. The molecule has 2 amide bonds. The Morgan fingerprint density at radius 3 is 1.52 bits per heavy atom. The van der Waals surface area contributed by atoms with Gasteiger partial charge < -0.3 is 22.1 Å². The fraction of sp³-hybridized carbons (Fsp3) is 0.143. The van der Waals surface area contributed by atoms with E-state index in [-0.39, 0.29) is 28.2 Å². The van der Waals surface area contributed by atoms with Gasteiger partial charge >= 0.3 is 12.4 Å². The van der Waals surface area contributed by atoms with Gasteiger partial charge in [-0.25, -0.2) is 0 Å². The number of allylic oxidation sites excluding steroid dienone is 9. The number of alkyl halides is 6. The van der Waals surface area contributed by atoms with Gasteiger partial charge in [-0.15, -0.1) is 0 Å². The van der Waals surface area contributed by atoms with Crippen molar-refractivity contribution in [1.82, 2.24) is 10.6 Å². The highest BCUT2D eigenvalue weighted by Gasteiger charge is 2.39. The quantitative estimate of drug-likeness (QED) is 0.137. The van der Waals surface area contributed by atoms with Crippen LogP contribution >= 0.6 is 0 Å². The lowest BCUT2D eigenvalue weighted by molar-refractivity contribution is -0.117. The van der Waals surface area contributed by atoms with Gasteiger partial charge in [0.25, 0.3) is 11.8 Å². The number of nitrogens with one attached hydrogen (secondary N) is 2. The predicted molar refractivity (Wildman–Crippen MR) is 144 cm³/mol. The highest BCUT2D eigenvalue weighted by Crippen LogP contribution is 2.39. The third kappa shape index (κ3) is 12.2. The molecule has 0 saturated carbocycles. The van der Waals surface area contributed by atoms with E-state index in [4.69, 9.17) is 11.5 Å². The van der Waals surface area contributed by atoms with Crippen molar-refractivity contribution in [1.29, 1.82) is 0 Å². The number of amides is 2. The third-order valence-corrected chi connectivity index (χ3v) is 4.60. The molecular formula is C28H30F6N4O2. The van der Waals surface area contributed by atoms with Gasteiger partial charge in [-0.1, -0.05) is 39.5 Å². The van der Waals surface area contributed by atoms with Crippen LogP contribution in [0.25, 0.3) is 0 Å². The molecule has 0 aromatic heterocycles. The average molecular weight is 569 g/mol. The maximum Gasteiger partial charge on any atom is 0.417 e. The molecule has 0 rings (SSSR count). The van der Waals surface area contributed by atoms with E-state index in [1.54, 1.807) is 0 Å². The van der Waals surface area contributed by atoms with E-state index in [0.29, 0.717) is 12.2 Å². The van der Waals surface area contributed by atoms with Crippen molar-refractivity contribution in [2.75, 3.05) is 0 Å². The number of hydrogen-bond acceptors (Lipinski definition) is 4. The van der Waals surface area contributed by atoms with Gasteiger partial charge in [-0.2, -0.15) is 26.3 Å². The van der Waals surface area contributed by atoms with E-state index in [0.717, 1.165) is 19.9 Å². The molecule has 0 heterocycles. The van der Waals surface area contributed by atoms with E-state index in [9.17, 15) is 35.9 Å². The number of nitrogens with two attached hydrogens (primary N) is 2. The zero-order valence-corrected chi connectivity index (χ0v) is 21.9. The van der Waals surface area contributed by atoms with Crippen LogP contribution in [0, 0.1) is 0 Å². The highest BCUT2D eigenvalue weighted by molar-refractivity contribution is 5.98. The van der Waals surface area contributed by atoms with Crippen LogP contribution in [0.3, 0.4) is 0 Å². The third-order valence-electron chi connectivity index (χ3n) is 4.60. The van der Waals surface area contributed by atoms with Crippen LogP contribution in [0.5, 0.6) is 0 Å². The van der Waals surface area contributed by atoms with Crippen LogP contribution in [0.15, 0.2) is 132 Å². The average Bonchev–Trinajstić information content (AvgIpc) is 2.80. The molecule has 40 heavy (non-hydrogen) atoms. The molecule has 0 aliphatic rings. The van der Waals surface area contributed by atoms with Crippen LogP contribution in [0.4, 0.5) is 26.3 Å². The zero-order chi connectivity index (χ0) is 31.6. The van der Waals surface area contributed by atoms with E-state index in [2.05, 4.69) is 44.8 Å². The first-order valence-electron chi connectivity index (χ1n) is 11.0. The summed E-state index contributed by atoms with van der Waals surface area (Å²) in [7, 11) is 0. The summed E-state index contributed by atoms with van der Waals surface area (Å²) in [5, 5.41) is 4.41. The minimum Gasteiger partial charge on any atom is -0.402 e. The molecule has 0 saturated heterocycles. The van der Waals surface area contributed by atoms with Gasteiger partial charge in [0.1, 0.15) is 0 Å². The molecule has 0 aliphatic heterocycles. The van der Waals surface area contributed by atoms with E-state index >= 15 is 0 Å². The lowest BCUT2D eigenvalue weighted by Crippen LogP contribution is -2.24. The van der Waals surface area contributed by atoms with Crippen molar-refractivity contribution in [2.45, 2.75) is 26.2 Å². The Bertz CT molecular complexity index is 1280. The van der Waals surface area contributed by atoms with Gasteiger partial charge in [0, 0.05) is 33.9 Å². The van der Waals surface area contributed by atoms with E-state index in [1.807, 2.05) is 5.32 Å². The summed E-state index contributed by atoms with van der Waals surface area (Å²) in [5.74, 6) is -1.64. The van der Waals surface area contributed by atoms with Crippen molar-refractivity contribution in [3.8, 4) is 0 Å². The lowest BCUT2D eigenvalue weighted by Gasteiger charge is -2.19. The first kappa shape index (κ1) is 35.3. The largest absolute Gasteiger partial charge is 0.417 e. The normalized spacial score (nSPS) is 13.5. The lowest BCUT2D eigenvalue weighted by atomic mass is 9.94. The fourth-order valence-electron chi connectivity index (χ4n) is 2.60. The van der Waals surface area contributed by atoms with Gasteiger partial charge in [0.05, 0.1) is 11.1 Å². The summed E-state index contributed by atoms with van der Waals surface area (Å²) in [4.78, 5) is 24.4. The molecule has 0 atom stereocenters. The molecule has 12 heteroatoms. The van der Waals surface area contributed by atoms with E-state index in [1.165, 1.54) is 18.2 Å². The van der Waals surface area contributed by atoms with Crippen molar-refractivity contribution in [2.24, 2.45) is 11.5 Å². The Kier molecular flexibility index (Phi) is 12.7. The fourth-order valence-corrected chi connectivity index (χ4v) is 2.60. The molecule has 0 radical (unpaired) electrons. The Hall–Kier alpha value is -4.74. The molecule has 0 unspecified atom stereocenters. The standard InChI is InChI=1S/C28H30F6N4O2/c1-15(9-11-17(3)35)25(39)37-19(5)12-10-16(2)26(40)38-20(6)14-24(28(32,33)34)22(8)21(7)23(13-18(4)36)27(29,30)31/h9-14H,1-3,5-6,8,35-36H2,4,7H3,(H,37,39)(H,38,40)/b11-9-,12-10-,18-13+,23-21-,24-14+. The molecule has 0 aliphatic carbocycles. The summed E-state index contributed by atoms with van der Waals surface area (Å²) < 4.78 is 81.6. The van der Waals surface area contributed by atoms with Crippen molar-refractivity contribution in [3.05, 3.63) is 132 Å². The molecule has 0 spiro atoms.